The van der Waals surface area contributed by atoms with Gasteiger partial charge in [-0.3, -0.25) is 0 Å². The van der Waals surface area contributed by atoms with E-state index < -0.39 is 6.04 Å². The molecule has 3 atom stereocenters. The van der Waals surface area contributed by atoms with Gasteiger partial charge in [-0.05, 0) is 29.7 Å². The second-order valence-corrected chi connectivity index (χ2v) is 6.19. The number of hydrogen-bond acceptors (Lipinski definition) is 2. The van der Waals surface area contributed by atoms with Gasteiger partial charge in [0.25, 0.3) is 0 Å². The first kappa shape index (κ1) is 17.2. The van der Waals surface area contributed by atoms with Crippen molar-refractivity contribution >= 4 is 6.03 Å². The fourth-order valence-corrected chi connectivity index (χ4v) is 3.05. The van der Waals surface area contributed by atoms with Crippen molar-refractivity contribution in [1.82, 2.24) is 10.6 Å². The molecular weight excluding hydrogens is 319 g/mol. The predicted molar refractivity (Wildman–Crippen MR) is 94.5 cm³/mol. The Balaban J connectivity index is 1.74. The number of carbonyl (C=O) groups excluding carboxylic acids is 1. The van der Waals surface area contributed by atoms with E-state index >= 15 is 0 Å². The number of amides is 2. The predicted octanol–water partition coefficient (Wildman–Crippen LogP) is 3.15. The van der Waals surface area contributed by atoms with E-state index in [0.29, 0.717) is 12.0 Å². The molecule has 0 radical (unpaired) electrons. The molecule has 1 unspecified atom stereocenters. The summed E-state index contributed by atoms with van der Waals surface area (Å²) in [6, 6.07) is 14.8. The number of nitrogens with one attached hydrogen (secondary N) is 2. The lowest BCUT2D eigenvalue weighted by Crippen LogP contribution is -2.42. The second-order valence-electron chi connectivity index (χ2n) is 6.19. The Morgan fingerprint density at radius 1 is 1.12 bits per heavy atom. The molecule has 0 heterocycles. The van der Waals surface area contributed by atoms with Gasteiger partial charge in [0.05, 0.1) is 6.04 Å². The maximum Gasteiger partial charge on any atom is 0.316 e. The summed E-state index contributed by atoms with van der Waals surface area (Å²) in [6.45, 7) is 0.0756. The molecule has 0 saturated heterocycles. The van der Waals surface area contributed by atoms with E-state index in [2.05, 4.69) is 10.6 Å². The molecule has 2 amide bonds. The van der Waals surface area contributed by atoms with E-state index in [-0.39, 0.29) is 30.4 Å². The Kier molecular flexibility index (Phi) is 5.46. The van der Waals surface area contributed by atoms with Crippen LogP contribution in [0.15, 0.2) is 66.7 Å². The zero-order valence-electron chi connectivity index (χ0n) is 13.7. The first-order valence-corrected chi connectivity index (χ1v) is 8.32. The van der Waals surface area contributed by atoms with Gasteiger partial charge in [-0.25, -0.2) is 9.18 Å². The van der Waals surface area contributed by atoms with Crippen molar-refractivity contribution in [2.24, 2.45) is 5.92 Å². The molecule has 0 fully saturated rings. The standard InChI is InChI=1S/C20H21FN2O2/c21-17-8-4-7-16(12-17)19(15-5-2-1-3-6-15)23-20(25)22-18-10-9-14(11-18)13-24/h1-10,12,14,18-19,24H,11,13H2,(H2,22,23,25)/t14-,18+,19?/m0/s1. The van der Waals surface area contributed by atoms with Crippen LogP contribution in [0.4, 0.5) is 9.18 Å². The molecule has 2 aromatic rings. The number of carbonyl (C=O) groups is 1. The number of hydrogen-bond donors (Lipinski definition) is 3. The lowest BCUT2D eigenvalue weighted by Gasteiger charge is -2.22. The Morgan fingerprint density at radius 2 is 1.88 bits per heavy atom. The van der Waals surface area contributed by atoms with Crippen LogP contribution >= 0.6 is 0 Å². The van der Waals surface area contributed by atoms with Gasteiger partial charge < -0.3 is 15.7 Å². The average molecular weight is 340 g/mol. The molecule has 0 bridgehead atoms. The van der Waals surface area contributed by atoms with Crippen LogP contribution in [0.5, 0.6) is 0 Å². The van der Waals surface area contributed by atoms with Crippen molar-refractivity contribution in [3.8, 4) is 0 Å². The van der Waals surface area contributed by atoms with Gasteiger partial charge in [0.1, 0.15) is 5.82 Å². The molecule has 0 aliphatic heterocycles. The molecule has 2 aromatic carbocycles. The van der Waals surface area contributed by atoms with E-state index in [1.807, 2.05) is 42.5 Å². The van der Waals surface area contributed by atoms with Gasteiger partial charge >= 0.3 is 6.03 Å². The summed E-state index contributed by atoms with van der Waals surface area (Å²) in [5.41, 5.74) is 1.55. The zero-order chi connectivity index (χ0) is 17.6. The van der Waals surface area contributed by atoms with Gasteiger partial charge in [0, 0.05) is 18.6 Å². The first-order chi connectivity index (χ1) is 12.2. The van der Waals surface area contributed by atoms with Crippen molar-refractivity contribution in [2.75, 3.05) is 6.61 Å². The van der Waals surface area contributed by atoms with E-state index in [9.17, 15) is 14.3 Å². The Hall–Kier alpha value is -2.66. The van der Waals surface area contributed by atoms with Crippen molar-refractivity contribution in [3.05, 3.63) is 83.7 Å². The van der Waals surface area contributed by atoms with Crippen molar-refractivity contribution in [1.29, 1.82) is 0 Å². The van der Waals surface area contributed by atoms with E-state index in [4.69, 9.17) is 0 Å². The molecule has 0 saturated carbocycles. The highest BCUT2D eigenvalue weighted by Crippen LogP contribution is 2.23. The topological polar surface area (TPSA) is 61.4 Å². The van der Waals surface area contributed by atoms with Gasteiger partial charge in [-0.1, -0.05) is 54.6 Å². The number of benzene rings is 2. The van der Waals surface area contributed by atoms with Gasteiger partial charge in [-0.2, -0.15) is 0 Å². The molecular formula is C20H21FN2O2. The lowest BCUT2D eigenvalue weighted by atomic mass is 9.99. The molecule has 1 aliphatic rings. The largest absolute Gasteiger partial charge is 0.396 e. The minimum absolute atomic E-state index is 0.0756. The van der Waals surface area contributed by atoms with E-state index in [1.165, 1.54) is 12.1 Å². The van der Waals surface area contributed by atoms with Gasteiger partial charge in [0.2, 0.25) is 0 Å². The third kappa shape index (κ3) is 4.45. The smallest absolute Gasteiger partial charge is 0.316 e. The number of urea groups is 1. The molecule has 4 nitrogen and oxygen atoms in total. The summed E-state index contributed by atoms with van der Waals surface area (Å²) in [5.74, 6) is -0.261. The molecule has 1 aliphatic carbocycles. The Morgan fingerprint density at radius 3 is 2.56 bits per heavy atom. The Bertz CT molecular complexity index is 748. The van der Waals surface area contributed by atoms with E-state index in [0.717, 1.165) is 5.56 Å². The molecule has 3 rings (SSSR count). The number of rotatable bonds is 5. The normalized spacial score (nSPS) is 20.2. The fraction of sp³-hybridized carbons (Fsp3) is 0.250. The van der Waals surface area contributed by atoms with Crippen LogP contribution in [-0.2, 0) is 0 Å². The average Bonchev–Trinajstić information content (AvgIpc) is 3.08. The first-order valence-electron chi connectivity index (χ1n) is 8.32. The third-order valence-electron chi connectivity index (χ3n) is 4.31. The van der Waals surface area contributed by atoms with Crippen LogP contribution in [0.2, 0.25) is 0 Å². The lowest BCUT2D eigenvalue weighted by molar-refractivity contribution is 0.230. The van der Waals surface area contributed by atoms with Gasteiger partial charge in [-0.15, -0.1) is 0 Å². The fourth-order valence-electron chi connectivity index (χ4n) is 3.05. The summed E-state index contributed by atoms with van der Waals surface area (Å²) in [5, 5.41) is 15.0. The molecule has 0 spiro atoms. The highest BCUT2D eigenvalue weighted by molar-refractivity contribution is 5.75. The highest BCUT2D eigenvalue weighted by atomic mass is 19.1. The summed E-state index contributed by atoms with van der Waals surface area (Å²) in [6.07, 6.45) is 4.48. The van der Waals surface area contributed by atoms with Crippen LogP contribution in [0.3, 0.4) is 0 Å². The van der Waals surface area contributed by atoms with Crippen molar-refractivity contribution < 1.29 is 14.3 Å². The molecule has 5 heteroatoms. The summed E-state index contributed by atoms with van der Waals surface area (Å²) >= 11 is 0. The quantitative estimate of drug-likeness (QED) is 0.732. The third-order valence-corrected chi connectivity index (χ3v) is 4.31. The summed E-state index contributed by atoms with van der Waals surface area (Å²) < 4.78 is 13.6. The molecule has 3 N–H and O–H groups in total. The maximum atomic E-state index is 13.6. The van der Waals surface area contributed by atoms with Crippen LogP contribution in [-0.4, -0.2) is 23.8 Å². The minimum atomic E-state index is -0.448. The number of aliphatic hydroxyl groups is 1. The monoisotopic (exact) mass is 340 g/mol. The number of halogens is 1. The maximum absolute atomic E-state index is 13.6. The summed E-state index contributed by atoms with van der Waals surface area (Å²) in [7, 11) is 0. The molecule has 130 valence electrons. The highest BCUT2D eigenvalue weighted by Gasteiger charge is 2.22. The van der Waals surface area contributed by atoms with Gasteiger partial charge in [0.15, 0.2) is 0 Å². The number of aliphatic hydroxyl groups excluding tert-OH is 1. The van der Waals surface area contributed by atoms with Crippen LogP contribution < -0.4 is 10.6 Å². The Labute approximate surface area is 146 Å². The minimum Gasteiger partial charge on any atom is -0.396 e. The molecule has 0 aromatic heterocycles. The zero-order valence-corrected chi connectivity index (χ0v) is 13.7. The summed E-state index contributed by atoms with van der Waals surface area (Å²) in [4.78, 5) is 12.4. The molecule has 25 heavy (non-hydrogen) atoms. The van der Waals surface area contributed by atoms with Crippen molar-refractivity contribution in [2.45, 2.75) is 18.5 Å². The van der Waals surface area contributed by atoms with E-state index in [1.54, 1.807) is 12.1 Å². The van der Waals surface area contributed by atoms with Crippen molar-refractivity contribution in [3.63, 3.8) is 0 Å². The van der Waals surface area contributed by atoms with Crippen LogP contribution in [0, 0.1) is 11.7 Å². The van der Waals surface area contributed by atoms with Crippen LogP contribution in [0.1, 0.15) is 23.6 Å². The SMILES string of the molecule is O=C(NC(c1ccccc1)c1cccc(F)c1)N[C@@H]1C=C[C@H](CO)C1. The van der Waals surface area contributed by atoms with Crippen LogP contribution in [0.25, 0.3) is 0 Å². The second kappa shape index (κ2) is 7.94.